The third kappa shape index (κ3) is 1.60. The van der Waals surface area contributed by atoms with E-state index in [9.17, 15) is 0 Å². The maximum Gasteiger partial charge on any atom is 0.156 e. The molecule has 0 fully saturated rings. The van der Waals surface area contributed by atoms with Crippen LogP contribution in [0.3, 0.4) is 0 Å². The normalized spacial score (nSPS) is 10.7. The quantitative estimate of drug-likeness (QED) is 0.516. The molecule has 0 bridgehead atoms. The molecule has 3 aromatic rings. The smallest absolute Gasteiger partial charge is 0.156 e. The van der Waals surface area contributed by atoms with Gasteiger partial charge >= 0.3 is 0 Å². The van der Waals surface area contributed by atoms with Crippen LogP contribution in [0.1, 0.15) is 5.56 Å². The molecule has 0 spiro atoms. The number of nitrogens with one attached hydrogen (secondary N) is 1. The van der Waals surface area contributed by atoms with Gasteiger partial charge < -0.3 is 5.73 Å². The second-order valence-electron chi connectivity index (χ2n) is 3.80. The summed E-state index contributed by atoms with van der Waals surface area (Å²) in [5, 5.41) is 12.5. The van der Waals surface area contributed by atoms with E-state index in [-0.39, 0.29) is 5.84 Å². The minimum Gasteiger partial charge on any atom is -0.384 e. The molecule has 3 N–H and O–H groups in total. The van der Waals surface area contributed by atoms with E-state index in [1.165, 1.54) is 6.33 Å². The number of aromatic nitrogens is 4. The first kappa shape index (κ1) is 10.4. The highest BCUT2D eigenvalue weighted by Gasteiger charge is 2.09. The van der Waals surface area contributed by atoms with E-state index < -0.39 is 0 Å². The Labute approximate surface area is 103 Å². The third-order valence-corrected chi connectivity index (χ3v) is 2.65. The highest BCUT2D eigenvalue weighted by molar-refractivity contribution is 6.07. The fraction of sp³-hybridized carbons (Fsp3) is 0. The monoisotopic (exact) mass is 238 g/mol. The molecular weight excluding hydrogens is 228 g/mol. The minimum absolute atomic E-state index is 0.00923. The van der Waals surface area contributed by atoms with Crippen molar-refractivity contribution < 1.29 is 0 Å². The van der Waals surface area contributed by atoms with Gasteiger partial charge in [0.2, 0.25) is 0 Å². The lowest BCUT2D eigenvalue weighted by molar-refractivity contribution is 0.850. The third-order valence-electron chi connectivity index (χ3n) is 2.65. The van der Waals surface area contributed by atoms with E-state index in [1.807, 2.05) is 24.3 Å². The highest BCUT2D eigenvalue weighted by Crippen LogP contribution is 2.19. The van der Waals surface area contributed by atoms with Crippen molar-refractivity contribution in [1.82, 2.24) is 19.7 Å². The number of hydrogen-bond donors (Lipinski definition) is 2. The van der Waals surface area contributed by atoms with Crippen molar-refractivity contribution in [2.75, 3.05) is 0 Å². The molecule has 0 saturated heterocycles. The van der Waals surface area contributed by atoms with E-state index in [1.54, 1.807) is 17.1 Å². The molecule has 0 radical (unpaired) electrons. The molecule has 88 valence electrons. The second kappa shape index (κ2) is 3.92. The molecule has 0 aliphatic carbocycles. The maximum absolute atomic E-state index is 7.64. The number of para-hydroxylation sites is 1. The van der Waals surface area contributed by atoms with Gasteiger partial charge in [0.25, 0.3) is 0 Å². The fourth-order valence-corrected chi connectivity index (χ4v) is 1.83. The molecule has 1 aromatic carbocycles. The highest BCUT2D eigenvalue weighted by atomic mass is 15.3. The van der Waals surface area contributed by atoms with E-state index in [4.69, 9.17) is 11.1 Å². The van der Waals surface area contributed by atoms with Crippen LogP contribution >= 0.6 is 0 Å². The molecule has 6 heteroatoms. The predicted molar refractivity (Wildman–Crippen MR) is 67.7 cm³/mol. The zero-order valence-corrected chi connectivity index (χ0v) is 9.41. The number of amidine groups is 1. The number of rotatable bonds is 2. The van der Waals surface area contributed by atoms with E-state index in [0.29, 0.717) is 11.4 Å². The van der Waals surface area contributed by atoms with Crippen LogP contribution in [0.2, 0.25) is 0 Å². The van der Waals surface area contributed by atoms with Gasteiger partial charge in [0, 0.05) is 10.9 Å². The van der Waals surface area contributed by atoms with E-state index in [0.717, 1.165) is 10.9 Å². The molecule has 3 rings (SSSR count). The largest absolute Gasteiger partial charge is 0.384 e. The molecule has 18 heavy (non-hydrogen) atoms. The first-order chi connectivity index (χ1) is 8.75. The molecule has 0 saturated carbocycles. The van der Waals surface area contributed by atoms with Crippen LogP contribution in [-0.2, 0) is 0 Å². The zero-order valence-electron chi connectivity index (χ0n) is 9.41. The summed E-state index contributed by atoms with van der Waals surface area (Å²) in [6.45, 7) is 0. The number of fused-ring (bicyclic) bond motifs is 1. The molecule has 6 nitrogen and oxygen atoms in total. The van der Waals surface area contributed by atoms with Crippen LogP contribution in [0.4, 0.5) is 0 Å². The van der Waals surface area contributed by atoms with Crippen molar-refractivity contribution in [1.29, 1.82) is 5.41 Å². The average molecular weight is 238 g/mol. The molecule has 2 aromatic heterocycles. The van der Waals surface area contributed by atoms with Gasteiger partial charge in [-0.05, 0) is 12.1 Å². The molecule has 0 aliphatic rings. The van der Waals surface area contributed by atoms with Gasteiger partial charge in [-0.3, -0.25) is 5.41 Å². The van der Waals surface area contributed by atoms with Crippen molar-refractivity contribution >= 4 is 16.7 Å². The van der Waals surface area contributed by atoms with Crippen LogP contribution in [0.25, 0.3) is 16.7 Å². The predicted octanol–water partition coefficient (Wildman–Crippen LogP) is 1.10. The van der Waals surface area contributed by atoms with E-state index >= 15 is 0 Å². The van der Waals surface area contributed by atoms with E-state index in [2.05, 4.69) is 15.1 Å². The summed E-state index contributed by atoms with van der Waals surface area (Å²) in [7, 11) is 0. The van der Waals surface area contributed by atoms with Gasteiger partial charge in [-0.25, -0.2) is 14.6 Å². The SMILES string of the molecule is N=C(N)c1cc(-n2cncn2)nc2ccccc12. The first-order valence-electron chi connectivity index (χ1n) is 5.35. The fourth-order valence-electron chi connectivity index (χ4n) is 1.83. The van der Waals surface area contributed by atoms with Crippen molar-refractivity contribution in [2.24, 2.45) is 5.73 Å². The van der Waals surface area contributed by atoms with Gasteiger partial charge in [0.1, 0.15) is 18.5 Å². The standard InChI is InChI=1S/C12H10N6/c13-12(14)9-5-11(18-7-15-6-16-18)17-10-4-2-1-3-8(9)10/h1-7H,(H3,13,14). The Bertz CT molecular complexity index is 717. The van der Waals surface area contributed by atoms with Crippen molar-refractivity contribution in [2.45, 2.75) is 0 Å². The Kier molecular flexibility index (Phi) is 2.26. The van der Waals surface area contributed by atoms with Crippen LogP contribution in [0.15, 0.2) is 43.0 Å². The molecule has 0 aliphatic heterocycles. The lowest BCUT2D eigenvalue weighted by atomic mass is 10.1. The van der Waals surface area contributed by atoms with Gasteiger partial charge in [-0.2, -0.15) is 5.10 Å². The summed E-state index contributed by atoms with van der Waals surface area (Å²) >= 11 is 0. The number of hydrogen-bond acceptors (Lipinski definition) is 4. The molecule has 0 atom stereocenters. The summed E-state index contributed by atoms with van der Waals surface area (Å²) in [4.78, 5) is 8.35. The number of pyridine rings is 1. The maximum atomic E-state index is 7.64. The van der Waals surface area contributed by atoms with Crippen LogP contribution in [-0.4, -0.2) is 25.6 Å². The first-order valence-corrected chi connectivity index (χ1v) is 5.35. The minimum atomic E-state index is 0.00923. The number of nitrogens with two attached hydrogens (primary N) is 1. The Balaban J connectivity index is 2.33. The Morgan fingerprint density at radius 2 is 2.11 bits per heavy atom. The molecule has 2 heterocycles. The van der Waals surface area contributed by atoms with Crippen LogP contribution in [0.5, 0.6) is 0 Å². The summed E-state index contributed by atoms with van der Waals surface area (Å²) < 4.78 is 1.54. The van der Waals surface area contributed by atoms with Crippen molar-refractivity contribution in [3.8, 4) is 5.82 Å². The van der Waals surface area contributed by atoms with Crippen molar-refractivity contribution in [3.63, 3.8) is 0 Å². The second-order valence-corrected chi connectivity index (χ2v) is 3.80. The van der Waals surface area contributed by atoms with Crippen LogP contribution < -0.4 is 5.73 Å². The summed E-state index contributed by atoms with van der Waals surface area (Å²) in [5.41, 5.74) is 7.03. The van der Waals surface area contributed by atoms with Gasteiger partial charge in [-0.1, -0.05) is 18.2 Å². The molecular formula is C12H10N6. The van der Waals surface area contributed by atoms with Gasteiger partial charge in [0.15, 0.2) is 5.82 Å². The number of nitrogens with zero attached hydrogens (tertiary/aromatic N) is 4. The zero-order chi connectivity index (χ0) is 12.5. The number of benzene rings is 1. The van der Waals surface area contributed by atoms with Crippen LogP contribution in [0, 0.1) is 5.41 Å². The van der Waals surface area contributed by atoms with Crippen molar-refractivity contribution in [3.05, 3.63) is 48.5 Å². The summed E-state index contributed by atoms with van der Waals surface area (Å²) in [6.07, 6.45) is 2.99. The van der Waals surface area contributed by atoms with Gasteiger partial charge in [-0.15, -0.1) is 0 Å². The number of nitrogen functional groups attached to an aromatic ring is 1. The summed E-state index contributed by atoms with van der Waals surface area (Å²) in [6, 6.07) is 9.29. The topological polar surface area (TPSA) is 93.5 Å². The Hall–Kier alpha value is -2.76. The lowest BCUT2D eigenvalue weighted by Gasteiger charge is -2.07. The lowest BCUT2D eigenvalue weighted by Crippen LogP contribution is -2.13. The molecule has 0 unspecified atom stereocenters. The Morgan fingerprint density at radius 1 is 1.28 bits per heavy atom. The van der Waals surface area contributed by atoms with Gasteiger partial charge in [0.05, 0.1) is 5.52 Å². The summed E-state index contributed by atoms with van der Waals surface area (Å²) in [5.74, 6) is 0.603. The Morgan fingerprint density at radius 3 is 2.83 bits per heavy atom. The molecule has 0 amide bonds. The average Bonchev–Trinajstić information content (AvgIpc) is 2.91.